The number of aromatic nitrogens is 2. The maximum atomic E-state index is 13.9. The van der Waals surface area contributed by atoms with Crippen molar-refractivity contribution in [1.82, 2.24) is 14.9 Å². The minimum absolute atomic E-state index is 0.0484. The summed E-state index contributed by atoms with van der Waals surface area (Å²) in [5.41, 5.74) is -2.41. The number of nitrogens with one attached hydrogen (secondary N) is 1. The Kier molecular flexibility index (Phi) is 5.19. The van der Waals surface area contributed by atoms with Gasteiger partial charge in [0.05, 0.1) is 30.2 Å². The molecule has 2 aromatic heterocycles. The van der Waals surface area contributed by atoms with E-state index >= 15 is 0 Å². The van der Waals surface area contributed by atoms with Crippen molar-refractivity contribution in [2.24, 2.45) is 0 Å². The molecule has 0 saturated carbocycles. The summed E-state index contributed by atoms with van der Waals surface area (Å²) in [7, 11) is 1.28. The van der Waals surface area contributed by atoms with E-state index in [1.54, 1.807) is 0 Å². The summed E-state index contributed by atoms with van der Waals surface area (Å²) in [5.74, 6) is -5.06. The quantitative estimate of drug-likeness (QED) is 0.596. The fourth-order valence-electron chi connectivity index (χ4n) is 3.66. The Labute approximate surface area is 175 Å². The average Bonchev–Trinajstić information content (AvgIpc) is 2.72. The SMILES string of the molecule is CN(C(=O)c1cnc(C(F)(F)F)c(F)c1)C1COCc2[nH]c(=O)c3cc(F)c(F)cc3c21. The fourth-order valence-corrected chi connectivity index (χ4v) is 3.66. The molecular weight excluding hydrogens is 444 g/mol. The zero-order valence-electron chi connectivity index (χ0n) is 16.2. The van der Waals surface area contributed by atoms with Crippen LogP contribution < -0.4 is 5.56 Å². The highest BCUT2D eigenvalue weighted by Crippen LogP contribution is 2.35. The van der Waals surface area contributed by atoms with Crippen molar-refractivity contribution in [3.8, 4) is 0 Å². The van der Waals surface area contributed by atoms with Gasteiger partial charge in [-0.15, -0.1) is 0 Å². The van der Waals surface area contributed by atoms with E-state index in [2.05, 4.69) is 9.97 Å². The first-order chi connectivity index (χ1) is 15.0. The van der Waals surface area contributed by atoms with Crippen molar-refractivity contribution in [3.05, 3.63) is 74.7 Å². The van der Waals surface area contributed by atoms with Gasteiger partial charge in [0.1, 0.15) is 0 Å². The number of halogens is 6. The molecule has 0 bridgehead atoms. The lowest BCUT2D eigenvalue weighted by Gasteiger charge is -2.33. The Bertz CT molecular complexity index is 1300. The Morgan fingerprint density at radius 2 is 1.78 bits per heavy atom. The number of likely N-dealkylation sites (N-methyl/N-ethyl adjacent to an activating group) is 1. The van der Waals surface area contributed by atoms with E-state index in [0.29, 0.717) is 12.3 Å². The third kappa shape index (κ3) is 3.60. The molecular formula is C20H13F6N3O3. The number of hydrogen-bond acceptors (Lipinski definition) is 4. The largest absolute Gasteiger partial charge is 0.436 e. The topological polar surface area (TPSA) is 75.3 Å². The molecule has 1 amide bonds. The van der Waals surface area contributed by atoms with E-state index in [1.807, 2.05) is 0 Å². The molecule has 1 aliphatic rings. The zero-order valence-corrected chi connectivity index (χ0v) is 16.2. The van der Waals surface area contributed by atoms with Gasteiger partial charge in [-0.1, -0.05) is 0 Å². The van der Waals surface area contributed by atoms with Gasteiger partial charge < -0.3 is 14.6 Å². The number of ether oxygens (including phenoxy) is 1. The molecule has 0 aliphatic carbocycles. The predicted octanol–water partition coefficient (Wildman–Crippen LogP) is 3.70. The van der Waals surface area contributed by atoms with Gasteiger partial charge in [-0.2, -0.15) is 13.2 Å². The van der Waals surface area contributed by atoms with Crippen molar-refractivity contribution in [2.75, 3.05) is 13.7 Å². The Hall–Kier alpha value is -3.41. The molecule has 12 heteroatoms. The standard InChI is InChI=1S/C20H13F6N3O3/c1-29(19(31)8-2-13(23)17(27-5-8)20(24,25)26)15-7-32-6-14-16(15)9-3-11(21)12(22)4-10(9)18(30)28-14/h2-5,15H,6-7H2,1H3,(H,28,30). The smallest absolute Gasteiger partial charge is 0.373 e. The maximum absolute atomic E-state index is 13.9. The molecule has 0 fully saturated rings. The lowest BCUT2D eigenvalue weighted by Crippen LogP contribution is -2.37. The Morgan fingerprint density at radius 3 is 2.41 bits per heavy atom. The van der Waals surface area contributed by atoms with E-state index in [1.165, 1.54) is 7.05 Å². The first-order valence-electron chi connectivity index (χ1n) is 9.10. The first kappa shape index (κ1) is 21.8. The van der Waals surface area contributed by atoms with Crippen LogP contribution in [0.15, 0.2) is 29.2 Å². The van der Waals surface area contributed by atoms with E-state index in [0.717, 1.165) is 17.0 Å². The molecule has 1 atom stereocenters. The lowest BCUT2D eigenvalue weighted by molar-refractivity contribution is -0.143. The summed E-state index contributed by atoms with van der Waals surface area (Å²) >= 11 is 0. The van der Waals surface area contributed by atoms with Gasteiger partial charge in [-0.05, 0) is 23.6 Å². The second-order valence-corrected chi connectivity index (χ2v) is 7.16. The minimum atomic E-state index is -5.03. The molecule has 1 aromatic carbocycles. The van der Waals surface area contributed by atoms with Gasteiger partial charge in [0.25, 0.3) is 11.5 Å². The highest BCUT2D eigenvalue weighted by atomic mass is 19.4. The summed E-state index contributed by atoms with van der Waals surface area (Å²) in [6, 6.07) is 1.03. The molecule has 6 nitrogen and oxygen atoms in total. The van der Waals surface area contributed by atoms with Gasteiger partial charge >= 0.3 is 6.18 Å². The number of carbonyl (C=O) groups is 1. The molecule has 3 aromatic rings. The molecule has 3 heterocycles. The molecule has 4 rings (SSSR count). The second-order valence-electron chi connectivity index (χ2n) is 7.16. The van der Waals surface area contributed by atoms with Crippen LogP contribution in [0.1, 0.15) is 33.4 Å². The van der Waals surface area contributed by atoms with Crippen LogP contribution in [-0.2, 0) is 17.5 Å². The van der Waals surface area contributed by atoms with E-state index < -0.39 is 52.4 Å². The molecule has 0 spiro atoms. The van der Waals surface area contributed by atoms with Gasteiger partial charge in [0.2, 0.25) is 0 Å². The van der Waals surface area contributed by atoms with E-state index in [9.17, 15) is 35.9 Å². The summed E-state index contributed by atoms with van der Waals surface area (Å²) in [4.78, 5) is 31.7. The van der Waals surface area contributed by atoms with Crippen LogP contribution in [0.2, 0.25) is 0 Å². The van der Waals surface area contributed by atoms with Gasteiger partial charge in [-0.25, -0.2) is 18.2 Å². The van der Waals surface area contributed by atoms with Gasteiger partial charge in [0, 0.05) is 24.5 Å². The van der Waals surface area contributed by atoms with Crippen LogP contribution >= 0.6 is 0 Å². The van der Waals surface area contributed by atoms with E-state index in [-0.39, 0.29) is 35.2 Å². The summed E-state index contributed by atoms with van der Waals surface area (Å²) in [6.45, 7) is -0.194. The van der Waals surface area contributed by atoms with Crippen molar-refractivity contribution < 1.29 is 35.9 Å². The van der Waals surface area contributed by atoms with Crippen LogP contribution in [0.4, 0.5) is 26.3 Å². The number of H-pyrrole nitrogens is 1. The van der Waals surface area contributed by atoms with Crippen LogP contribution in [0, 0.1) is 17.5 Å². The third-order valence-electron chi connectivity index (χ3n) is 5.18. The van der Waals surface area contributed by atoms with Crippen molar-refractivity contribution in [3.63, 3.8) is 0 Å². The summed E-state index contributed by atoms with van der Waals surface area (Å²) in [5, 5.41) is -0.107. The van der Waals surface area contributed by atoms with Crippen molar-refractivity contribution >= 4 is 16.7 Å². The predicted molar refractivity (Wildman–Crippen MR) is 98.2 cm³/mol. The van der Waals surface area contributed by atoms with Gasteiger partial charge in [-0.3, -0.25) is 9.59 Å². The number of hydrogen-bond donors (Lipinski definition) is 1. The maximum Gasteiger partial charge on any atom is 0.436 e. The number of fused-ring (bicyclic) bond motifs is 3. The Morgan fingerprint density at radius 1 is 1.12 bits per heavy atom. The number of nitrogens with zero attached hydrogens (tertiary/aromatic N) is 2. The summed E-state index contributed by atoms with van der Waals surface area (Å²) < 4.78 is 85.1. The highest BCUT2D eigenvalue weighted by molar-refractivity contribution is 5.95. The molecule has 0 radical (unpaired) electrons. The fraction of sp³-hybridized carbons (Fsp3) is 0.250. The number of benzene rings is 1. The zero-order chi connectivity index (χ0) is 23.4. The summed E-state index contributed by atoms with van der Waals surface area (Å²) in [6.07, 6.45) is -4.44. The highest BCUT2D eigenvalue weighted by Gasteiger charge is 2.37. The molecule has 1 N–H and O–H groups in total. The number of rotatable bonds is 2. The molecule has 1 unspecified atom stereocenters. The molecule has 1 aliphatic heterocycles. The van der Waals surface area contributed by atoms with Crippen LogP contribution in [0.25, 0.3) is 10.8 Å². The monoisotopic (exact) mass is 457 g/mol. The molecule has 168 valence electrons. The number of alkyl halides is 3. The van der Waals surface area contributed by atoms with Crippen molar-refractivity contribution in [2.45, 2.75) is 18.8 Å². The van der Waals surface area contributed by atoms with E-state index in [4.69, 9.17) is 4.74 Å². The van der Waals surface area contributed by atoms with Gasteiger partial charge in [0.15, 0.2) is 23.1 Å². The van der Waals surface area contributed by atoms with Crippen LogP contribution in [0.5, 0.6) is 0 Å². The number of pyridine rings is 2. The van der Waals surface area contributed by atoms with Crippen LogP contribution in [-0.4, -0.2) is 34.4 Å². The Balaban J connectivity index is 1.79. The number of amides is 1. The number of aromatic amines is 1. The number of carbonyl (C=O) groups excluding carboxylic acids is 1. The third-order valence-corrected chi connectivity index (χ3v) is 5.18. The second kappa shape index (κ2) is 7.62. The van der Waals surface area contributed by atoms with Crippen molar-refractivity contribution in [1.29, 1.82) is 0 Å². The van der Waals surface area contributed by atoms with Crippen LogP contribution in [0.3, 0.4) is 0 Å². The normalized spacial score (nSPS) is 16.2. The lowest BCUT2D eigenvalue weighted by atomic mass is 9.95. The minimum Gasteiger partial charge on any atom is -0.373 e. The first-order valence-corrected chi connectivity index (χ1v) is 9.10. The average molecular weight is 457 g/mol. The molecule has 0 saturated heterocycles. The molecule has 32 heavy (non-hydrogen) atoms.